The predicted molar refractivity (Wildman–Crippen MR) is 63.6 cm³/mol. The van der Waals surface area contributed by atoms with Gasteiger partial charge in [0.15, 0.2) is 6.29 Å². The van der Waals surface area contributed by atoms with E-state index in [1.54, 1.807) is 6.07 Å². The highest BCUT2D eigenvalue weighted by molar-refractivity contribution is 9.10. The smallest absolute Gasteiger partial charge is 0.166 e. The number of carbonyl (C=O) groups excluding carboxylic acids is 1. The molecule has 0 saturated heterocycles. The maximum Gasteiger partial charge on any atom is 0.166 e. The second-order valence-electron chi connectivity index (χ2n) is 3.35. The number of halogens is 1. The van der Waals surface area contributed by atoms with Gasteiger partial charge in [0.1, 0.15) is 0 Å². The first-order chi connectivity index (χ1) is 7.22. The molecule has 0 radical (unpaired) electrons. The van der Waals surface area contributed by atoms with E-state index in [0.29, 0.717) is 5.69 Å². The zero-order chi connectivity index (χ0) is 10.8. The number of hydrogen-bond donors (Lipinski definition) is 0. The average Bonchev–Trinajstić information content (AvgIpc) is 2.69. The molecule has 2 aromatic rings. The molecular weight excluding hydrogens is 254 g/mol. The summed E-state index contributed by atoms with van der Waals surface area (Å²) in [6.45, 7) is 2.02. The number of nitrogens with zero attached hydrogens (tertiary/aromatic N) is 1. The highest BCUT2D eigenvalue weighted by atomic mass is 79.9. The van der Waals surface area contributed by atoms with E-state index in [1.807, 2.05) is 42.0 Å². The van der Waals surface area contributed by atoms with E-state index in [4.69, 9.17) is 0 Å². The second kappa shape index (κ2) is 4.03. The Hall–Kier alpha value is -1.35. The van der Waals surface area contributed by atoms with Crippen molar-refractivity contribution >= 4 is 22.2 Å². The molecule has 0 spiro atoms. The minimum atomic E-state index is 0.663. The van der Waals surface area contributed by atoms with Crippen LogP contribution in [0.2, 0.25) is 0 Å². The van der Waals surface area contributed by atoms with Crippen molar-refractivity contribution in [3.05, 3.63) is 52.3 Å². The third-order valence-corrected chi connectivity index (χ3v) is 2.83. The van der Waals surface area contributed by atoms with Gasteiger partial charge in [0.25, 0.3) is 0 Å². The summed E-state index contributed by atoms with van der Waals surface area (Å²) in [6, 6.07) is 9.68. The Morgan fingerprint density at radius 1 is 1.33 bits per heavy atom. The minimum Gasteiger partial charge on any atom is -0.314 e. The lowest BCUT2D eigenvalue weighted by Gasteiger charge is -2.09. The van der Waals surface area contributed by atoms with Gasteiger partial charge < -0.3 is 4.57 Å². The third kappa shape index (κ3) is 1.88. The molecule has 1 heterocycles. The van der Waals surface area contributed by atoms with Crippen LogP contribution in [0.3, 0.4) is 0 Å². The van der Waals surface area contributed by atoms with Crippen LogP contribution in [0.25, 0.3) is 5.69 Å². The number of benzene rings is 1. The van der Waals surface area contributed by atoms with Crippen LogP contribution in [0.15, 0.2) is 41.0 Å². The normalized spacial score (nSPS) is 10.3. The average molecular weight is 264 g/mol. The Morgan fingerprint density at radius 2 is 2.13 bits per heavy atom. The number of aryl methyl sites for hydroxylation is 1. The Balaban J connectivity index is 2.62. The van der Waals surface area contributed by atoms with Crippen molar-refractivity contribution in [2.45, 2.75) is 6.92 Å². The fourth-order valence-electron chi connectivity index (χ4n) is 1.55. The Morgan fingerprint density at radius 3 is 2.87 bits per heavy atom. The molecule has 0 fully saturated rings. The lowest BCUT2D eigenvalue weighted by Crippen LogP contribution is -1.99. The molecule has 0 saturated carbocycles. The van der Waals surface area contributed by atoms with Crippen molar-refractivity contribution in [3.63, 3.8) is 0 Å². The van der Waals surface area contributed by atoms with Crippen molar-refractivity contribution in [2.75, 3.05) is 0 Å². The van der Waals surface area contributed by atoms with Crippen molar-refractivity contribution in [2.24, 2.45) is 0 Å². The zero-order valence-corrected chi connectivity index (χ0v) is 9.86. The lowest BCUT2D eigenvalue weighted by atomic mass is 10.2. The molecule has 0 aliphatic heterocycles. The molecule has 15 heavy (non-hydrogen) atoms. The summed E-state index contributed by atoms with van der Waals surface area (Å²) in [7, 11) is 0. The summed E-state index contributed by atoms with van der Waals surface area (Å²) >= 11 is 3.43. The van der Waals surface area contributed by atoms with Gasteiger partial charge in [0, 0.05) is 16.4 Å². The molecule has 0 N–H and O–H groups in total. The highest BCUT2D eigenvalue weighted by Crippen LogP contribution is 2.21. The van der Waals surface area contributed by atoms with Gasteiger partial charge in [-0.2, -0.15) is 0 Å². The van der Waals surface area contributed by atoms with Crippen molar-refractivity contribution < 1.29 is 4.79 Å². The van der Waals surface area contributed by atoms with Gasteiger partial charge in [-0.1, -0.05) is 22.0 Å². The molecule has 2 nitrogen and oxygen atoms in total. The van der Waals surface area contributed by atoms with E-state index < -0.39 is 0 Å². The molecule has 2 rings (SSSR count). The second-order valence-corrected chi connectivity index (χ2v) is 4.27. The van der Waals surface area contributed by atoms with E-state index in [2.05, 4.69) is 15.9 Å². The van der Waals surface area contributed by atoms with Crippen LogP contribution in [0.1, 0.15) is 16.1 Å². The first kappa shape index (κ1) is 10.2. The van der Waals surface area contributed by atoms with E-state index in [1.165, 1.54) is 0 Å². The zero-order valence-electron chi connectivity index (χ0n) is 8.27. The van der Waals surface area contributed by atoms with Crippen LogP contribution < -0.4 is 0 Å². The maximum atomic E-state index is 10.8. The van der Waals surface area contributed by atoms with E-state index >= 15 is 0 Å². The Kier molecular flexibility index (Phi) is 2.73. The van der Waals surface area contributed by atoms with Gasteiger partial charge in [0.05, 0.1) is 5.69 Å². The Bertz CT molecular complexity index is 502. The fourth-order valence-corrected chi connectivity index (χ4v) is 1.90. The highest BCUT2D eigenvalue weighted by Gasteiger charge is 2.05. The van der Waals surface area contributed by atoms with Crippen LogP contribution >= 0.6 is 15.9 Å². The van der Waals surface area contributed by atoms with Gasteiger partial charge in [-0.15, -0.1) is 0 Å². The molecular formula is C12H10BrNO. The third-order valence-electron chi connectivity index (χ3n) is 2.33. The SMILES string of the molecule is Cc1ccc(Br)cc1-n1cccc1C=O. The van der Waals surface area contributed by atoms with E-state index in [-0.39, 0.29) is 0 Å². The van der Waals surface area contributed by atoms with Crippen LogP contribution in [-0.2, 0) is 0 Å². The van der Waals surface area contributed by atoms with Crippen molar-refractivity contribution in [1.29, 1.82) is 0 Å². The molecule has 76 valence electrons. The summed E-state index contributed by atoms with van der Waals surface area (Å²) < 4.78 is 2.89. The van der Waals surface area contributed by atoms with Crippen LogP contribution in [0.4, 0.5) is 0 Å². The van der Waals surface area contributed by atoms with E-state index in [9.17, 15) is 4.79 Å². The number of aldehydes is 1. The molecule has 3 heteroatoms. The molecule has 0 atom stereocenters. The van der Waals surface area contributed by atoms with Gasteiger partial charge in [-0.05, 0) is 36.8 Å². The summed E-state index contributed by atoms with van der Waals surface area (Å²) in [5, 5.41) is 0. The summed E-state index contributed by atoms with van der Waals surface area (Å²) in [4.78, 5) is 10.8. The van der Waals surface area contributed by atoms with Gasteiger partial charge in [0.2, 0.25) is 0 Å². The molecule has 0 bridgehead atoms. The standard InChI is InChI=1S/C12H10BrNO/c1-9-4-5-10(13)7-12(9)14-6-2-3-11(14)8-15/h2-8H,1H3. The van der Waals surface area contributed by atoms with Crippen molar-refractivity contribution in [1.82, 2.24) is 4.57 Å². The Labute approximate surface area is 96.7 Å². The monoisotopic (exact) mass is 263 g/mol. The number of aromatic nitrogens is 1. The fraction of sp³-hybridized carbons (Fsp3) is 0.0833. The molecule has 0 aliphatic rings. The lowest BCUT2D eigenvalue weighted by molar-refractivity contribution is 0.111. The topological polar surface area (TPSA) is 22.0 Å². The predicted octanol–water partition coefficient (Wildman–Crippen LogP) is 3.36. The van der Waals surface area contributed by atoms with Gasteiger partial charge in [-0.25, -0.2) is 0 Å². The first-order valence-corrected chi connectivity index (χ1v) is 5.41. The van der Waals surface area contributed by atoms with Crippen LogP contribution in [0, 0.1) is 6.92 Å². The molecule has 0 unspecified atom stereocenters. The van der Waals surface area contributed by atoms with E-state index in [0.717, 1.165) is 22.0 Å². The van der Waals surface area contributed by atoms with Crippen LogP contribution in [0.5, 0.6) is 0 Å². The van der Waals surface area contributed by atoms with Gasteiger partial charge in [-0.3, -0.25) is 4.79 Å². The molecule has 1 aromatic heterocycles. The number of carbonyl (C=O) groups is 1. The molecule has 0 aliphatic carbocycles. The summed E-state index contributed by atoms with van der Waals surface area (Å²) in [5.74, 6) is 0. The van der Waals surface area contributed by atoms with Crippen molar-refractivity contribution in [3.8, 4) is 5.69 Å². The number of rotatable bonds is 2. The summed E-state index contributed by atoms with van der Waals surface area (Å²) in [6.07, 6.45) is 2.75. The largest absolute Gasteiger partial charge is 0.314 e. The molecule has 0 amide bonds. The quantitative estimate of drug-likeness (QED) is 0.762. The summed E-state index contributed by atoms with van der Waals surface area (Å²) in [5.41, 5.74) is 2.82. The van der Waals surface area contributed by atoms with Crippen LogP contribution in [-0.4, -0.2) is 10.9 Å². The first-order valence-electron chi connectivity index (χ1n) is 4.61. The molecule has 1 aromatic carbocycles. The van der Waals surface area contributed by atoms with Gasteiger partial charge >= 0.3 is 0 Å². The number of hydrogen-bond acceptors (Lipinski definition) is 1. The maximum absolute atomic E-state index is 10.8. The minimum absolute atomic E-state index is 0.663.